The fourth-order valence-electron chi connectivity index (χ4n) is 2.26. The summed E-state index contributed by atoms with van der Waals surface area (Å²) in [7, 11) is 1.63. The second-order valence-electron chi connectivity index (χ2n) is 4.50. The standard InChI is InChI=1S/C16H13NO3/c1-20-12-5-2-10(3-6-12)11-4-7-15-13(8-11)14(9-17-15)16(18)19/h2-9,17H,1H3,(H,18,19). The summed E-state index contributed by atoms with van der Waals surface area (Å²) in [4.78, 5) is 14.1. The molecule has 0 unspecified atom stereocenters. The van der Waals surface area contributed by atoms with Crippen LogP contribution < -0.4 is 4.74 Å². The maximum absolute atomic E-state index is 11.2. The Labute approximate surface area is 115 Å². The molecule has 2 aromatic carbocycles. The number of aromatic carboxylic acids is 1. The van der Waals surface area contributed by atoms with Crippen LogP contribution >= 0.6 is 0 Å². The zero-order valence-electron chi connectivity index (χ0n) is 10.9. The minimum atomic E-state index is -0.928. The summed E-state index contributed by atoms with van der Waals surface area (Å²) in [5.41, 5.74) is 3.10. The molecule has 0 aliphatic carbocycles. The molecule has 20 heavy (non-hydrogen) atoms. The molecule has 0 amide bonds. The van der Waals surface area contributed by atoms with Crippen molar-refractivity contribution in [1.82, 2.24) is 4.98 Å². The molecule has 4 heteroatoms. The van der Waals surface area contributed by atoms with E-state index < -0.39 is 5.97 Å². The van der Waals surface area contributed by atoms with Crippen LogP contribution in [-0.2, 0) is 0 Å². The molecule has 1 aromatic heterocycles. The van der Waals surface area contributed by atoms with Crippen LogP contribution in [0.15, 0.2) is 48.7 Å². The van der Waals surface area contributed by atoms with Gasteiger partial charge in [0.1, 0.15) is 5.75 Å². The Kier molecular flexibility index (Phi) is 2.91. The lowest BCUT2D eigenvalue weighted by Crippen LogP contribution is -1.93. The number of methoxy groups -OCH3 is 1. The molecular weight excluding hydrogens is 254 g/mol. The number of benzene rings is 2. The Morgan fingerprint density at radius 1 is 1.10 bits per heavy atom. The van der Waals surface area contributed by atoms with Gasteiger partial charge in [0.25, 0.3) is 0 Å². The van der Waals surface area contributed by atoms with E-state index in [1.165, 1.54) is 6.20 Å². The summed E-state index contributed by atoms with van der Waals surface area (Å²) in [6.45, 7) is 0. The fourth-order valence-corrected chi connectivity index (χ4v) is 2.26. The zero-order valence-corrected chi connectivity index (χ0v) is 10.9. The van der Waals surface area contributed by atoms with Gasteiger partial charge in [-0.1, -0.05) is 18.2 Å². The third-order valence-electron chi connectivity index (χ3n) is 3.34. The molecule has 2 N–H and O–H groups in total. The van der Waals surface area contributed by atoms with E-state index in [0.29, 0.717) is 5.39 Å². The number of fused-ring (bicyclic) bond motifs is 1. The minimum Gasteiger partial charge on any atom is -0.497 e. The van der Waals surface area contributed by atoms with Gasteiger partial charge in [-0.15, -0.1) is 0 Å². The van der Waals surface area contributed by atoms with Gasteiger partial charge < -0.3 is 14.8 Å². The van der Waals surface area contributed by atoms with Gasteiger partial charge in [0.2, 0.25) is 0 Å². The van der Waals surface area contributed by atoms with Gasteiger partial charge in [0, 0.05) is 17.1 Å². The number of nitrogens with one attached hydrogen (secondary N) is 1. The van der Waals surface area contributed by atoms with Crippen LogP contribution in [0.25, 0.3) is 22.0 Å². The van der Waals surface area contributed by atoms with Crippen molar-refractivity contribution in [2.45, 2.75) is 0 Å². The van der Waals surface area contributed by atoms with Crippen molar-refractivity contribution in [2.75, 3.05) is 7.11 Å². The number of hydrogen-bond acceptors (Lipinski definition) is 2. The number of carbonyl (C=O) groups is 1. The van der Waals surface area contributed by atoms with Crippen LogP contribution in [0, 0.1) is 0 Å². The number of carboxylic acids is 1. The van der Waals surface area contributed by atoms with Crippen molar-refractivity contribution >= 4 is 16.9 Å². The number of aromatic amines is 1. The molecule has 0 saturated carbocycles. The highest BCUT2D eigenvalue weighted by atomic mass is 16.5. The Morgan fingerprint density at radius 3 is 2.45 bits per heavy atom. The van der Waals surface area contributed by atoms with Crippen molar-refractivity contribution in [3.63, 3.8) is 0 Å². The monoisotopic (exact) mass is 267 g/mol. The number of aromatic nitrogens is 1. The third-order valence-corrected chi connectivity index (χ3v) is 3.34. The summed E-state index contributed by atoms with van der Waals surface area (Å²) >= 11 is 0. The SMILES string of the molecule is COc1ccc(-c2ccc3[nH]cc(C(=O)O)c3c2)cc1. The largest absolute Gasteiger partial charge is 0.497 e. The van der Waals surface area contributed by atoms with Crippen LogP contribution in [0.4, 0.5) is 0 Å². The van der Waals surface area contributed by atoms with Gasteiger partial charge in [0.05, 0.1) is 12.7 Å². The van der Waals surface area contributed by atoms with Gasteiger partial charge in [-0.2, -0.15) is 0 Å². The Bertz CT molecular complexity index is 772. The van der Waals surface area contributed by atoms with Gasteiger partial charge in [-0.3, -0.25) is 0 Å². The molecule has 0 bridgehead atoms. The molecule has 0 atom stereocenters. The Morgan fingerprint density at radius 2 is 1.80 bits per heavy atom. The molecule has 0 radical (unpaired) electrons. The number of carboxylic acid groups (broad SMARTS) is 1. The first kappa shape index (κ1) is 12.3. The van der Waals surface area contributed by atoms with E-state index in [-0.39, 0.29) is 5.56 Å². The van der Waals surface area contributed by atoms with E-state index in [1.54, 1.807) is 7.11 Å². The predicted octanol–water partition coefficient (Wildman–Crippen LogP) is 3.54. The van der Waals surface area contributed by atoms with Crippen molar-refractivity contribution in [2.24, 2.45) is 0 Å². The van der Waals surface area contributed by atoms with Gasteiger partial charge >= 0.3 is 5.97 Å². The minimum absolute atomic E-state index is 0.287. The van der Waals surface area contributed by atoms with Crippen molar-refractivity contribution < 1.29 is 14.6 Å². The maximum atomic E-state index is 11.2. The van der Waals surface area contributed by atoms with E-state index in [1.807, 2.05) is 42.5 Å². The average Bonchev–Trinajstić information content (AvgIpc) is 2.90. The topological polar surface area (TPSA) is 62.3 Å². The molecule has 0 fully saturated rings. The summed E-state index contributed by atoms with van der Waals surface area (Å²) in [6.07, 6.45) is 1.52. The van der Waals surface area contributed by atoms with Crippen LogP contribution in [0.3, 0.4) is 0 Å². The molecule has 3 aromatic rings. The van der Waals surface area contributed by atoms with Crippen LogP contribution in [0.2, 0.25) is 0 Å². The quantitative estimate of drug-likeness (QED) is 0.763. The first-order valence-corrected chi connectivity index (χ1v) is 6.18. The summed E-state index contributed by atoms with van der Waals surface area (Å²) < 4.78 is 5.13. The van der Waals surface area contributed by atoms with Crippen molar-refractivity contribution in [1.29, 1.82) is 0 Å². The van der Waals surface area contributed by atoms with Crippen molar-refractivity contribution in [3.8, 4) is 16.9 Å². The highest BCUT2D eigenvalue weighted by molar-refractivity contribution is 6.04. The van der Waals surface area contributed by atoms with E-state index in [0.717, 1.165) is 22.4 Å². The number of rotatable bonds is 3. The Hall–Kier alpha value is -2.75. The lowest BCUT2D eigenvalue weighted by atomic mass is 10.0. The van der Waals surface area contributed by atoms with Crippen LogP contribution in [0.1, 0.15) is 10.4 Å². The van der Waals surface area contributed by atoms with E-state index in [9.17, 15) is 4.79 Å². The number of hydrogen-bond donors (Lipinski definition) is 2. The first-order chi connectivity index (χ1) is 9.69. The molecule has 3 rings (SSSR count). The smallest absolute Gasteiger partial charge is 0.337 e. The maximum Gasteiger partial charge on any atom is 0.337 e. The lowest BCUT2D eigenvalue weighted by Gasteiger charge is -2.04. The lowest BCUT2D eigenvalue weighted by molar-refractivity contribution is 0.0699. The first-order valence-electron chi connectivity index (χ1n) is 6.18. The van der Waals surface area contributed by atoms with E-state index in [2.05, 4.69) is 4.98 Å². The van der Waals surface area contributed by atoms with Gasteiger partial charge in [-0.25, -0.2) is 4.79 Å². The number of ether oxygens (including phenoxy) is 1. The second-order valence-corrected chi connectivity index (χ2v) is 4.50. The molecule has 0 saturated heterocycles. The highest BCUT2D eigenvalue weighted by Gasteiger charge is 2.11. The van der Waals surface area contributed by atoms with E-state index in [4.69, 9.17) is 9.84 Å². The molecule has 1 heterocycles. The highest BCUT2D eigenvalue weighted by Crippen LogP contribution is 2.27. The normalized spacial score (nSPS) is 10.7. The van der Waals surface area contributed by atoms with E-state index >= 15 is 0 Å². The molecule has 4 nitrogen and oxygen atoms in total. The zero-order chi connectivity index (χ0) is 14.1. The van der Waals surface area contributed by atoms with Crippen LogP contribution in [-0.4, -0.2) is 23.2 Å². The summed E-state index contributed by atoms with van der Waals surface area (Å²) in [5.74, 6) is -0.133. The Balaban J connectivity index is 2.11. The molecule has 0 spiro atoms. The average molecular weight is 267 g/mol. The summed E-state index contributed by atoms with van der Waals surface area (Å²) in [5, 5.41) is 9.88. The fraction of sp³-hybridized carbons (Fsp3) is 0.0625. The third kappa shape index (κ3) is 2.01. The molecule has 0 aliphatic rings. The predicted molar refractivity (Wildman–Crippen MR) is 77.2 cm³/mol. The van der Waals surface area contributed by atoms with Crippen LogP contribution in [0.5, 0.6) is 5.75 Å². The molecule has 0 aliphatic heterocycles. The van der Waals surface area contributed by atoms with Gasteiger partial charge in [0.15, 0.2) is 0 Å². The number of H-pyrrole nitrogens is 1. The molecule has 100 valence electrons. The van der Waals surface area contributed by atoms with Crippen molar-refractivity contribution in [3.05, 3.63) is 54.2 Å². The summed E-state index contributed by atoms with van der Waals surface area (Å²) in [6, 6.07) is 13.4. The second kappa shape index (κ2) is 4.74. The molecular formula is C16H13NO3. The van der Waals surface area contributed by atoms with Gasteiger partial charge in [-0.05, 0) is 35.4 Å².